The van der Waals surface area contributed by atoms with Gasteiger partial charge in [-0.05, 0) is 63.5 Å². The van der Waals surface area contributed by atoms with Gasteiger partial charge in [0.05, 0.1) is 10.3 Å². The summed E-state index contributed by atoms with van der Waals surface area (Å²) in [4.78, 5) is 27.2. The Bertz CT molecular complexity index is 1810. The van der Waals surface area contributed by atoms with Gasteiger partial charge in [0.1, 0.15) is 6.54 Å². The zero-order chi connectivity index (χ0) is 32.2. The zero-order valence-corrected chi connectivity index (χ0v) is 27.4. The molecule has 2 aromatic rings. The standard InChI is InChI=1S/C34H38N2O6S2/c1-6-35-27-16-15-21(44(40,41)42)18-25(27)34(4,5)28(35)19-22-31(39)23(32(22)43)20-29-33(2,3)24-12-9-10-13-26(24)36(29)17-11-7-8-14-30(37)38/h9-10,12-13,15-16,18-20H,6-8,11,14,17H2,1-5H3,(H2-,37,38,39,40,41,42,43)/p+1. The molecular weight excluding hydrogens is 597 g/mol. The normalized spacial score (nSPS) is 20.4. The second-order valence-corrected chi connectivity index (χ2v) is 14.5. The molecule has 2 N–H and O–H groups in total. The molecule has 0 amide bonds. The summed E-state index contributed by atoms with van der Waals surface area (Å²) in [5, 5.41) is 9.00. The van der Waals surface area contributed by atoms with Crippen molar-refractivity contribution in [2.24, 2.45) is 0 Å². The molecule has 0 spiro atoms. The Morgan fingerprint density at radius 2 is 1.70 bits per heavy atom. The Morgan fingerprint density at radius 1 is 1.00 bits per heavy atom. The Morgan fingerprint density at radius 3 is 2.34 bits per heavy atom. The highest BCUT2D eigenvalue weighted by atomic mass is 32.2. The van der Waals surface area contributed by atoms with Crippen LogP contribution in [0.25, 0.3) is 0 Å². The van der Waals surface area contributed by atoms with E-state index in [1.807, 2.05) is 45.1 Å². The molecular formula is C34H39N2O6S2+. The number of benzene rings is 2. The number of carboxylic acids is 1. The number of carbonyl (C=O) groups is 2. The number of allylic oxidation sites excluding steroid dienone is 5. The molecule has 0 radical (unpaired) electrons. The van der Waals surface area contributed by atoms with Gasteiger partial charge in [-0.1, -0.05) is 32.0 Å². The summed E-state index contributed by atoms with van der Waals surface area (Å²) < 4.78 is 35.6. The lowest BCUT2D eigenvalue weighted by atomic mass is 9.78. The molecule has 0 fully saturated rings. The van der Waals surface area contributed by atoms with Crippen molar-refractivity contribution in [3.05, 3.63) is 87.5 Å². The van der Waals surface area contributed by atoms with Gasteiger partial charge in [0, 0.05) is 69.9 Å². The van der Waals surface area contributed by atoms with Crippen LogP contribution in [0.5, 0.6) is 0 Å². The molecule has 1 aliphatic carbocycles. The highest BCUT2D eigenvalue weighted by Crippen LogP contribution is 2.50. The fourth-order valence-corrected chi connectivity index (χ4v) is 7.50. The molecule has 0 saturated carbocycles. The summed E-state index contributed by atoms with van der Waals surface area (Å²) >= 11 is 4.80. The first-order valence-corrected chi connectivity index (χ1v) is 16.8. The van der Waals surface area contributed by atoms with Gasteiger partial charge < -0.3 is 10.0 Å². The van der Waals surface area contributed by atoms with Crippen LogP contribution in [0.4, 0.5) is 11.4 Å². The highest BCUT2D eigenvalue weighted by molar-refractivity contribution is 7.86. The second-order valence-electron chi connectivity index (χ2n) is 12.6. The highest BCUT2D eigenvalue weighted by Gasteiger charge is 2.46. The van der Waals surface area contributed by atoms with Crippen LogP contribution in [-0.2, 0) is 30.5 Å². The maximum Gasteiger partial charge on any atom is 0.303 e. The van der Waals surface area contributed by atoms with Gasteiger partial charge >= 0.3 is 5.97 Å². The van der Waals surface area contributed by atoms with Gasteiger partial charge in [0.15, 0.2) is 11.5 Å². The first-order valence-electron chi connectivity index (χ1n) is 14.9. The number of aliphatic carboxylic acids is 1. The maximum absolute atomic E-state index is 13.7. The van der Waals surface area contributed by atoms with Crippen molar-refractivity contribution >= 4 is 51.6 Å². The third-order valence-corrected chi connectivity index (χ3v) is 10.4. The number of anilines is 1. The topological polar surface area (TPSA) is 115 Å². The van der Waals surface area contributed by atoms with Crippen molar-refractivity contribution in [2.45, 2.75) is 76.0 Å². The predicted octanol–water partition coefficient (Wildman–Crippen LogP) is 6.35. The van der Waals surface area contributed by atoms with Crippen LogP contribution in [-0.4, -0.2) is 53.2 Å². The van der Waals surface area contributed by atoms with Crippen LogP contribution in [0.3, 0.4) is 0 Å². The maximum atomic E-state index is 13.7. The van der Waals surface area contributed by atoms with Gasteiger partial charge in [-0.3, -0.25) is 14.1 Å². The molecule has 232 valence electrons. The summed E-state index contributed by atoms with van der Waals surface area (Å²) in [6.45, 7) is 11.5. The largest absolute Gasteiger partial charge is 0.481 e. The SMILES string of the molecule is CCN1C(=CC2=C(S)C(=CC3=[N+](CCCCCC(=O)O)c4ccccc4C3(C)C)C2=O)C(C)(C)c2cc(S(=O)(=O)O)ccc21. The van der Waals surface area contributed by atoms with Crippen LogP contribution in [0.1, 0.15) is 71.4 Å². The molecule has 2 aliphatic heterocycles. The summed E-state index contributed by atoms with van der Waals surface area (Å²) in [6.07, 6.45) is 6.20. The number of ketones is 1. The molecule has 2 heterocycles. The first-order chi connectivity index (χ1) is 20.6. The van der Waals surface area contributed by atoms with Crippen LogP contribution in [0.2, 0.25) is 0 Å². The molecule has 0 bridgehead atoms. The number of fused-ring (bicyclic) bond motifs is 2. The summed E-state index contributed by atoms with van der Waals surface area (Å²) in [6, 6.07) is 12.8. The molecule has 2 aromatic carbocycles. The van der Waals surface area contributed by atoms with E-state index in [1.165, 1.54) is 17.7 Å². The number of hydrogen-bond acceptors (Lipinski definition) is 6. The lowest BCUT2D eigenvalue weighted by molar-refractivity contribution is -0.438. The van der Waals surface area contributed by atoms with Crippen molar-refractivity contribution < 1.29 is 32.2 Å². The molecule has 0 atom stereocenters. The molecule has 8 nitrogen and oxygen atoms in total. The molecule has 5 rings (SSSR count). The molecule has 0 saturated heterocycles. The van der Waals surface area contributed by atoms with E-state index in [-0.39, 0.29) is 22.5 Å². The van der Waals surface area contributed by atoms with Gasteiger partial charge in [-0.2, -0.15) is 13.0 Å². The number of nitrogens with zero attached hydrogens (tertiary/aromatic N) is 2. The van der Waals surface area contributed by atoms with Crippen molar-refractivity contribution in [3.8, 4) is 0 Å². The third kappa shape index (κ3) is 5.37. The van der Waals surface area contributed by atoms with E-state index in [0.717, 1.165) is 41.2 Å². The lowest BCUT2D eigenvalue weighted by Crippen LogP contribution is -2.31. The molecule has 10 heteroatoms. The average Bonchev–Trinajstić information content (AvgIpc) is 3.31. The van der Waals surface area contributed by atoms with E-state index in [4.69, 9.17) is 17.7 Å². The number of rotatable bonds is 10. The second kappa shape index (κ2) is 11.5. The number of likely N-dealkylation sites (N-methyl/N-ethyl adjacent to an activating group) is 1. The van der Waals surface area contributed by atoms with E-state index in [1.54, 1.807) is 6.07 Å². The van der Waals surface area contributed by atoms with Crippen LogP contribution < -0.4 is 4.90 Å². The van der Waals surface area contributed by atoms with Crippen molar-refractivity contribution in [2.75, 3.05) is 18.0 Å². The number of para-hydroxylation sites is 1. The average molecular weight is 636 g/mol. The van der Waals surface area contributed by atoms with Gasteiger partial charge in [0.2, 0.25) is 5.69 Å². The van der Waals surface area contributed by atoms with Crippen LogP contribution in [0, 0.1) is 0 Å². The predicted molar refractivity (Wildman–Crippen MR) is 175 cm³/mol. The zero-order valence-electron chi connectivity index (χ0n) is 25.7. The monoisotopic (exact) mass is 635 g/mol. The third-order valence-electron chi connectivity index (χ3n) is 9.11. The van der Waals surface area contributed by atoms with E-state index < -0.39 is 21.5 Å². The van der Waals surface area contributed by atoms with Gasteiger partial charge in [-0.15, -0.1) is 12.6 Å². The van der Waals surface area contributed by atoms with Crippen molar-refractivity contribution in [1.82, 2.24) is 0 Å². The molecule has 3 aliphatic rings. The fourth-order valence-electron chi connectivity index (χ4n) is 6.66. The number of Topliss-reactive ketones (excluding diaryl/α,β-unsaturated/α-hetero) is 1. The Hall–Kier alpha value is -3.47. The number of unbranched alkanes of at least 4 members (excludes halogenated alkanes) is 2. The minimum absolute atomic E-state index is 0.107. The van der Waals surface area contributed by atoms with Gasteiger partial charge in [0.25, 0.3) is 10.1 Å². The van der Waals surface area contributed by atoms with E-state index in [9.17, 15) is 22.6 Å². The Balaban J connectivity index is 1.52. The molecule has 0 aromatic heterocycles. The number of hydrogen-bond donors (Lipinski definition) is 3. The summed E-state index contributed by atoms with van der Waals surface area (Å²) in [5.41, 5.74) is 5.75. The van der Waals surface area contributed by atoms with Crippen LogP contribution >= 0.6 is 12.6 Å². The van der Waals surface area contributed by atoms with Crippen molar-refractivity contribution in [1.29, 1.82) is 0 Å². The quantitative estimate of drug-likeness (QED) is 0.0917. The summed E-state index contributed by atoms with van der Waals surface area (Å²) in [7, 11) is -4.37. The smallest absolute Gasteiger partial charge is 0.303 e. The number of thiol groups is 1. The molecule has 44 heavy (non-hydrogen) atoms. The minimum Gasteiger partial charge on any atom is -0.481 e. The number of carbonyl (C=O) groups excluding carboxylic acids is 1. The van der Waals surface area contributed by atoms with Gasteiger partial charge in [-0.25, -0.2) is 0 Å². The van der Waals surface area contributed by atoms with E-state index in [2.05, 4.69) is 35.5 Å². The minimum atomic E-state index is -4.37. The Kier molecular flexibility index (Phi) is 8.33. The molecule has 0 unspecified atom stereocenters. The van der Waals surface area contributed by atoms with Crippen LogP contribution in [0.15, 0.2) is 81.3 Å². The van der Waals surface area contributed by atoms with E-state index >= 15 is 0 Å². The fraction of sp³-hybridized carbons (Fsp3) is 0.382. The summed E-state index contributed by atoms with van der Waals surface area (Å²) in [5.74, 6) is -0.892. The Labute approximate surface area is 264 Å². The first kappa shape index (κ1) is 31.9. The number of carboxylic acid groups (broad SMARTS) is 1. The van der Waals surface area contributed by atoms with Crippen molar-refractivity contribution in [3.63, 3.8) is 0 Å². The lowest BCUT2D eigenvalue weighted by Gasteiger charge is -2.29. The van der Waals surface area contributed by atoms with E-state index in [0.29, 0.717) is 35.6 Å².